The molecule has 5 N–H and O–H groups in total. The topological polar surface area (TPSA) is 96.6 Å². The first kappa shape index (κ1) is 25.1. The molecule has 4 rings (SSSR count). The Morgan fingerprint density at radius 3 is 2.49 bits per heavy atom. The average Bonchev–Trinajstić information content (AvgIpc) is 3.68. The van der Waals surface area contributed by atoms with E-state index in [1.165, 1.54) is 12.8 Å². The van der Waals surface area contributed by atoms with Gasteiger partial charge in [0.1, 0.15) is 5.75 Å². The van der Waals surface area contributed by atoms with Crippen molar-refractivity contribution in [2.45, 2.75) is 70.9 Å². The van der Waals surface area contributed by atoms with Gasteiger partial charge in [-0.1, -0.05) is 37.1 Å². The van der Waals surface area contributed by atoms with E-state index in [1.54, 1.807) is 6.20 Å². The molecule has 0 aliphatic heterocycles. The summed E-state index contributed by atoms with van der Waals surface area (Å²) in [6.07, 6.45) is 7.94. The Kier molecular flexibility index (Phi) is 8.01. The molecule has 2 aromatic rings. The predicted octanol–water partition coefficient (Wildman–Crippen LogP) is 4.19. The molecule has 2 aliphatic rings. The van der Waals surface area contributed by atoms with Gasteiger partial charge in [0, 0.05) is 13.2 Å². The number of rotatable bonds is 9. The number of hydrogen-bond donors (Lipinski definition) is 4. The fourth-order valence-corrected chi connectivity index (χ4v) is 4.78. The number of nitrogens with two attached hydrogens (primary N) is 1. The van der Waals surface area contributed by atoms with Gasteiger partial charge < -0.3 is 26.2 Å². The molecule has 1 unspecified atom stereocenters. The molecule has 0 saturated heterocycles. The maximum atomic E-state index is 13.5. The molecule has 35 heavy (non-hydrogen) atoms. The number of aliphatic hydroxyl groups excluding tert-OH is 1. The summed E-state index contributed by atoms with van der Waals surface area (Å²) in [6, 6.07) is 9.98. The molecule has 0 spiro atoms. The Labute approximate surface area is 209 Å². The lowest BCUT2D eigenvalue weighted by Crippen LogP contribution is -2.45. The van der Waals surface area contributed by atoms with Crippen LogP contribution in [0.1, 0.15) is 76.7 Å². The minimum absolute atomic E-state index is 0.161. The van der Waals surface area contributed by atoms with E-state index in [9.17, 15) is 9.90 Å². The van der Waals surface area contributed by atoms with Gasteiger partial charge in [-0.3, -0.25) is 4.79 Å². The Morgan fingerprint density at radius 2 is 1.83 bits per heavy atom. The van der Waals surface area contributed by atoms with Crippen LogP contribution in [-0.2, 0) is 6.42 Å². The van der Waals surface area contributed by atoms with E-state index in [-0.39, 0.29) is 11.9 Å². The molecule has 0 aromatic heterocycles. The molecule has 6 heteroatoms. The van der Waals surface area contributed by atoms with Gasteiger partial charge in [-0.25, -0.2) is 0 Å². The zero-order valence-corrected chi connectivity index (χ0v) is 21.2. The highest BCUT2D eigenvalue weighted by atomic mass is 16.5. The molecule has 2 saturated carbocycles. The number of amides is 1. The van der Waals surface area contributed by atoms with Crippen molar-refractivity contribution >= 4 is 11.6 Å². The maximum absolute atomic E-state index is 13.5. The maximum Gasteiger partial charge on any atom is 0.255 e. The van der Waals surface area contributed by atoms with Crippen molar-refractivity contribution in [1.82, 2.24) is 10.6 Å². The second-order valence-electron chi connectivity index (χ2n) is 10.1. The van der Waals surface area contributed by atoms with Crippen molar-refractivity contribution in [1.29, 1.82) is 0 Å². The summed E-state index contributed by atoms with van der Waals surface area (Å²) in [5, 5.41) is 16.5. The third kappa shape index (κ3) is 6.17. The van der Waals surface area contributed by atoms with Gasteiger partial charge in [0.25, 0.3) is 5.91 Å². The first-order chi connectivity index (χ1) is 16.9. The third-order valence-corrected chi connectivity index (χ3v) is 7.38. The number of nitrogens with one attached hydrogen (secondary N) is 2. The predicted molar refractivity (Wildman–Crippen MR) is 140 cm³/mol. The molecule has 0 radical (unpaired) electrons. The zero-order valence-electron chi connectivity index (χ0n) is 21.2. The van der Waals surface area contributed by atoms with Gasteiger partial charge in [0.05, 0.1) is 30.0 Å². The van der Waals surface area contributed by atoms with Crippen molar-refractivity contribution < 1.29 is 14.6 Å². The largest absolute Gasteiger partial charge is 0.492 e. The highest BCUT2D eigenvalue weighted by Crippen LogP contribution is 2.35. The lowest BCUT2D eigenvalue weighted by Gasteiger charge is -2.29. The van der Waals surface area contributed by atoms with Crippen LogP contribution >= 0.6 is 0 Å². The summed E-state index contributed by atoms with van der Waals surface area (Å²) in [6.45, 7) is 4.79. The fraction of sp³-hybridized carbons (Fsp3) is 0.483. The van der Waals surface area contributed by atoms with Gasteiger partial charge in [-0.2, -0.15) is 0 Å². The van der Waals surface area contributed by atoms with Crippen molar-refractivity contribution in [3.63, 3.8) is 0 Å². The van der Waals surface area contributed by atoms with E-state index in [0.717, 1.165) is 53.5 Å². The second-order valence-corrected chi connectivity index (χ2v) is 10.1. The number of ether oxygens (including phenoxy) is 1. The van der Waals surface area contributed by atoms with E-state index in [1.807, 2.05) is 32.2 Å². The van der Waals surface area contributed by atoms with Crippen molar-refractivity contribution in [3.8, 4) is 5.75 Å². The molecule has 188 valence electrons. The highest BCUT2D eigenvalue weighted by Gasteiger charge is 2.28. The monoisotopic (exact) mass is 477 g/mol. The first-order valence-corrected chi connectivity index (χ1v) is 12.8. The average molecular weight is 478 g/mol. The fourth-order valence-electron chi connectivity index (χ4n) is 4.78. The summed E-state index contributed by atoms with van der Waals surface area (Å²) in [7, 11) is 1.83. The van der Waals surface area contributed by atoms with E-state index in [2.05, 4.69) is 29.7 Å². The van der Waals surface area contributed by atoms with Crippen molar-refractivity contribution in [2.24, 2.45) is 11.7 Å². The van der Waals surface area contributed by atoms with E-state index in [0.29, 0.717) is 36.0 Å². The summed E-state index contributed by atoms with van der Waals surface area (Å²) in [4.78, 5) is 13.5. The lowest BCUT2D eigenvalue weighted by molar-refractivity contribution is 0.0714. The van der Waals surface area contributed by atoms with Crippen LogP contribution in [0.3, 0.4) is 0 Å². The minimum atomic E-state index is -0.488. The molecule has 0 bridgehead atoms. The molecule has 2 fully saturated rings. The van der Waals surface area contributed by atoms with E-state index in [4.69, 9.17) is 10.5 Å². The lowest BCUT2D eigenvalue weighted by atomic mass is 9.91. The third-order valence-electron chi connectivity index (χ3n) is 7.38. The van der Waals surface area contributed by atoms with Crippen LogP contribution in [0.25, 0.3) is 5.70 Å². The summed E-state index contributed by atoms with van der Waals surface area (Å²) in [5.74, 6) is 1.11. The molecule has 2 aliphatic carbocycles. The number of carbonyl (C=O) groups excluding carboxylic acids is 1. The van der Waals surface area contributed by atoms with Crippen LogP contribution in [0.4, 0.5) is 0 Å². The Bertz CT molecular complexity index is 1070. The molecular weight excluding hydrogens is 438 g/mol. The Hall–Kier alpha value is -2.99. The molecule has 2 atom stereocenters. The molecule has 2 aromatic carbocycles. The van der Waals surface area contributed by atoms with Gasteiger partial charge in [0.15, 0.2) is 0 Å². The summed E-state index contributed by atoms with van der Waals surface area (Å²) in [5.41, 5.74) is 12.7. The van der Waals surface area contributed by atoms with Gasteiger partial charge in [-0.15, -0.1) is 0 Å². The van der Waals surface area contributed by atoms with Crippen LogP contribution < -0.4 is 21.1 Å². The summed E-state index contributed by atoms with van der Waals surface area (Å²) >= 11 is 0. The van der Waals surface area contributed by atoms with E-state index >= 15 is 0 Å². The Balaban J connectivity index is 1.61. The minimum Gasteiger partial charge on any atom is -0.492 e. The number of hydrogen-bond acceptors (Lipinski definition) is 5. The zero-order chi connectivity index (χ0) is 24.9. The first-order valence-electron chi connectivity index (χ1n) is 12.8. The van der Waals surface area contributed by atoms with Crippen LogP contribution in [0.15, 0.2) is 36.5 Å². The summed E-state index contributed by atoms with van der Waals surface area (Å²) < 4.78 is 6.23. The van der Waals surface area contributed by atoms with Gasteiger partial charge in [0.2, 0.25) is 0 Å². The normalized spacial score (nSPS) is 20.4. The standard InChI is InChI=1S/C29H39N3O3/c1-18-19(2)28(35-17-21-8-9-21)24(29(34)32-26-6-4-5-7-27(26)33)15-23(18)14-20-10-12-22(13-11-20)25(30)16-31-3/h10-13,15-16,21,26-27,31,33H,4-9,14,17,30H2,1-3H3,(H,32,34)/b25-16-/t26?,27-/m0/s1. The quantitative estimate of drug-likeness (QED) is 0.434. The number of benzene rings is 2. The number of carbonyl (C=O) groups is 1. The Morgan fingerprint density at radius 1 is 1.11 bits per heavy atom. The highest BCUT2D eigenvalue weighted by molar-refractivity contribution is 5.98. The SMILES string of the molecule is CN/C=C(\N)c1ccc(Cc2cc(C(=O)NC3CCCC[C@@H]3O)c(OCC3CC3)c(C)c2C)cc1. The van der Waals surface area contributed by atoms with Crippen LogP contribution in [0.5, 0.6) is 5.75 Å². The smallest absolute Gasteiger partial charge is 0.255 e. The number of aliphatic hydroxyl groups is 1. The molecule has 1 amide bonds. The molecular formula is C29H39N3O3. The second kappa shape index (κ2) is 11.2. The van der Waals surface area contributed by atoms with Crippen LogP contribution in [0, 0.1) is 19.8 Å². The van der Waals surface area contributed by atoms with Crippen LogP contribution in [-0.4, -0.2) is 36.8 Å². The van der Waals surface area contributed by atoms with Crippen LogP contribution in [0.2, 0.25) is 0 Å². The van der Waals surface area contributed by atoms with Gasteiger partial charge in [-0.05, 0) is 85.8 Å². The van der Waals surface area contributed by atoms with Crippen molar-refractivity contribution in [2.75, 3.05) is 13.7 Å². The molecule has 6 nitrogen and oxygen atoms in total. The van der Waals surface area contributed by atoms with Gasteiger partial charge >= 0.3 is 0 Å². The van der Waals surface area contributed by atoms with E-state index < -0.39 is 6.10 Å². The van der Waals surface area contributed by atoms with Crippen molar-refractivity contribution in [3.05, 3.63) is 69.9 Å². The molecule has 0 heterocycles.